The molecule has 21 heavy (non-hydrogen) atoms. The molecule has 0 bridgehead atoms. The highest BCUT2D eigenvalue weighted by Gasteiger charge is 2.01. The summed E-state index contributed by atoms with van der Waals surface area (Å²) in [7, 11) is 0. The van der Waals surface area contributed by atoms with E-state index in [2.05, 4.69) is 5.32 Å². The van der Waals surface area contributed by atoms with E-state index >= 15 is 0 Å². The van der Waals surface area contributed by atoms with Crippen molar-refractivity contribution < 1.29 is 9.59 Å². The van der Waals surface area contributed by atoms with Crippen LogP contribution in [0, 0.1) is 0 Å². The number of anilines is 2. The first-order valence-electron chi connectivity index (χ1n) is 6.50. The predicted octanol–water partition coefficient (Wildman–Crippen LogP) is 3.12. The highest BCUT2D eigenvalue weighted by molar-refractivity contribution is 6.02. The van der Waals surface area contributed by atoms with E-state index in [4.69, 9.17) is 5.73 Å². The Morgan fingerprint density at radius 3 is 2.43 bits per heavy atom. The topological polar surface area (TPSA) is 72.2 Å². The van der Waals surface area contributed by atoms with Gasteiger partial charge in [-0.2, -0.15) is 0 Å². The molecule has 0 aliphatic carbocycles. The van der Waals surface area contributed by atoms with Crippen LogP contribution in [0.25, 0.3) is 6.08 Å². The molecule has 2 aromatic carbocycles. The number of carbonyl (C=O) groups excluding carboxylic acids is 2. The fourth-order valence-electron chi connectivity index (χ4n) is 1.81. The SMILES string of the molecule is CC(=O)c1ccc(NC(=O)/C=C/c2cccc(N)c2)cc1. The van der Waals surface area contributed by atoms with Crippen LogP contribution in [0.2, 0.25) is 0 Å². The minimum Gasteiger partial charge on any atom is -0.399 e. The van der Waals surface area contributed by atoms with E-state index in [1.165, 1.54) is 13.0 Å². The van der Waals surface area contributed by atoms with Gasteiger partial charge in [0.1, 0.15) is 0 Å². The normalized spacial score (nSPS) is 10.5. The maximum absolute atomic E-state index is 11.8. The van der Waals surface area contributed by atoms with Crippen molar-refractivity contribution in [3.05, 3.63) is 65.7 Å². The standard InChI is InChI=1S/C17H16N2O2/c1-12(20)14-6-8-16(9-7-14)19-17(21)10-5-13-3-2-4-15(18)11-13/h2-11H,18H2,1H3,(H,19,21)/b10-5+. The van der Waals surface area contributed by atoms with Gasteiger partial charge >= 0.3 is 0 Å². The van der Waals surface area contributed by atoms with Gasteiger partial charge in [0.15, 0.2) is 5.78 Å². The number of benzene rings is 2. The Morgan fingerprint density at radius 2 is 1.81 bits per heavy atom. The second-order valence-electron chi connectivity index (χ2n) is 4.63. The monoisotopic (exact) mass is 280 g/mol. The molecule has 4 nitrogen and oxygen atoms in total. The fourth-order valence-corrected chi connectivity index (χ4v) is 1.81. The van der Waals surface area contributed by atoms with Gasteiger partial charge in [0.05, 0.1) is 0 Å². The van der Waals surface area contributed by atoms with Crippen molar-refractivity contribution in [1.29, 1.82) is 0 Å². The summed E-state index contributed by atoms with van der Waals surface area (Å²) in [5.74, 6) is -0.248. The quantitative estimate of drug-likeness (QED) is 0.513. The van der Waals surface area contributed by atoms with Crippen LogP contribution in [0.5, 0.6) is 0 Å². The van der Waals surface area contributed by atoms with Gasteiger partial charge < -0.3 is 11.1 Å². The Balaban J connectivity index is 1.99. The largest absolute Gasteiger partial charge is 0.399 e. The molecular formula is C17H16N2O2. The van der Waals surface area contributed by atoms with E-state index in [-0.39, 0.29) is 11.7 Å². The number of hydrogen-bond donors (Lipinski definition) is 2. The maximum Gasteiger partial charge on any atom is 0.248 e. The second-order valence-corrected chi connectivity index (χ2v) is 4.63. The summed E-state index contributed by atoms with van der Waals surface area (Å²) >= 11 is 0. The first kappa shape index (κ1) is 14.5. The predicted molar refractivity (Wildman–Crippen MR) is 85.0 cm³/mol. The number of nitrogens with two attached hydrogens (primary N) is 1. The summed E-state index contributed by atoms with van der Waals surface area (Å²) in [5, 5.41) is 2.72. The number of nitrogens with one attached hydrogen (secondary N) is 1. The lowest BCUT2D eigenvalue weighted by molar-refractivity contribution is -0.111. The minimum atomic E-state index is -0.243. The Labute approximate surface area is 123 Å². The molecule has 2 rings (SSSR count). The number of ketones is 1. The first-order valence-corrected chi connectivity index (χ1v) is 6.50. The molecule has 0 saturated heterocycles. The molecule has 0 radical (unpaired) electrons. The van der Waals surface area contributed by atoms with E-state index in [1.807, 2.05) is 12.1 Å². The Morgan fingerprint density at radius 1 is 1.10 bits per heavy atom. The lowest BCUT2D eigenvalue weighted by atomic mass is 10.1. The molecular weight excluding hydrogens is 264 g/mol. The molecule has 0 aliphatic rings. The smallest absolute Gasteiger partial charge is 0.248 e. The Bertz CT molecular complexity index is 688. The van der Waals surface area contributed by atoms with Crippen molar-refractivity contribution in [3.8, 4) is 0 Å². The van der Waals surface area contributed by atoms with Gasteiger partial charge in [-0.15, -0.1) is 0 Å². The van der Waals surface area contributed by atoms with Gasteiger partial charge in [-0.05, 0) is 55.0 Å². The number of amides is 1. The molecule has 0 spiro atoms. The van der Waals surface area contributed by atoms with Crippen molar-refractivity contribution in [2.75, 3.05) is 11.1 Å². The Hall–Kier alpha value is -2.88. The number of rotatable bonds is 4. The first-order chi connectivity index (χ1) is 10.0. The van der Waals surface area contributed by atoms with E-state index in [1.54, 1.807) is 42.5 Å². The second kappa shape index (κ2) is 6.52. The summed E-state index contributed by atoms with van der Waals surface area (Å²) in [5.41, 5.74) is 8.43. The summed E-state index contributed by atoms with van der Waals surface area (Å²) in [6.07, 6.45) is 3.13. The summed E-state index contributed by atoms with van der Waals surface area (Å²) in [6.45, 7) is 1.50. The third-order valence-electron chi connectivity index (χ3n) is 2.90. The average molecular weight is 280 g/mol. The molecule has 0 aromatic heterocycles. The minimum absolute atomic E-state index is 0.00515. The maximum atomic E-state index is 11.8. The van der Waals surface area contributed by atoms with Crippen LogP contribution in [0.3, 0.4) is 0 Å². The fraction of sp³-hybridized carbons (Fsp3) is 0.0588. The average Bonchev–Trinajstić information content (AvgIpc) is 2.46. The third kappa shape index (κ3) is 4.31. The molecule has 0 unspecified atom stereocenters. The van der Waals surface area contributed by atoms with Gasteiger partial charge in [0, 0.05) is 23.0 Å². The number of hydrogen-bond acceptors (Lipinski definition) is 3. The summed E-state index contributed by atoms with van der Waals surface area (Å²) < 4.78 is 0. The van der Waals surface area contributed by atoms with Crippen molar-refractivity contribution >= 4 is 29.1 Å². The third-order valence-corrected chi connectivity index (χ3v) is 2.90. The van der Waals surface area contributed by atoms with E-state index in [0.29, 0.717) is 16.9 Å². The number of nitrogen functional groups attached to an aromatic ring is 1. The van der Waals surface area contributed by atoms with Gasteiger partial charge in [-0.25, -0.2) is 0 Å². The van der Waals surface area contributed by atoms with Crippen molar-refractivity contribution in [1.82, 2.24) is 0 Å². The van der Waals surface area contributed by atoms with Crippen LogP contribution in [-0.4, -0.2) is 11.7 Å². The molecule has 106 valence electrons. The molecule has 2 aromatic rings. The van der Waals surface area contributed by atoms with E-state index in [9.17, 15) is 9.59 Å². The van der Waals surface area contributed by atoms with Crippen LogP contribution in [-0.2, 0) is 4.79 Å². The van der Waals surface area contributed by atoms with Gasteiger partial charge in [0.2, 0.25) is 5.91 Å². The van der Waals surface area contributed by atoms with E-state index < -0.39 is 0 Å². The van der Waals surface area contributed by atoms with Crippen LogP contribution >= 0.6 is 0 Å². The number of carbonyl (C=O) groups is 2. The summed E-state index contributed by atoms with van der Waals surface area (Å²) in [4.78, 5) is 23.0. The van der Waals surface area contributed by atoms with Crippen molar-refractivity contribution in [3.63, 3.8) is 0 Å². The van der Waals surface area contributed by atoms with Crippen molar-refractivity contribution in [2.45, 2.75) is 6.92 Å². The van der Waals surface area contributed by atoms with Crippen LogP contribution < -0.4 is 11.1 Å². The zero-order chi connectivity index (χ0) is 15.2. The Kier molecular flexibility index (Phi) is 4.51. The molecule has 0 aliphatic heterocycles. The number of Topliss-reactive ketones (excluding diaryl/α,β-unsaturated/α-hetero) is 1. The lowest BCUT2D eigenvalue weighted by Crippen LogP contribution is -2.07. The zero-order valence-corrected chi connectivity index (χ0v) is 11.7. The highest BCUT2D eigenvalue weighted by Crippen LogP contribution is 2.11. The van der Waals surface area contributed by atoms with E-state index in [0.717, 1.165) is 5.56 Å². The van der Waals surface area contributed by atoms with Crippen molar-refractivity contribution in [2.24, 2.45) is 0 Å². The molecule has 0 fully saturated rings. The highest BCUT2D eigenvalue weighted by atomic mass is 16.1. The molecule has 1 amide bonds. The van der Waals surface area contributed by atoms with Crippen LogP contribution in [0.15, 0.2) is 54.6 Å². The summed E-state index contributed by atoms with van der Waals surface area (Å²) in [6, 6.07) is 14.0. The zero-order valence-electron chi connectivity index (χ0n) is 11.7. The van der Waals surface area contributed by atoms with Gasteiger partial charge in [-0.1, -0.05) is 12.1 Å². The molecule has 0 saturated carbocycles. The molecule has 0 heterocycles. The van der Waals surface area contributed by atoms with Crippen LogP contribution in [0.1, 0.15) is 22.8 Å². The molecule has 0 atom stereocenters. The van der Waals surface area contributed by atoms with Crippen LogP contribution in [0.4, 0.5) is 11.4 Å². The van der Waals surface area contributed by atoms with Gasteiger partial charge in [0.25, 0.3) is 0 Å². The molecule has 3 N–H and O–H groups in total. The van der Waals surface area contributed by atoms with Gasteiger partial charge in [-0.3, -0.25) is 9.59 Å². The lowest BCUT2D eigenvalue weighted by Gasteiger charge is -2.03. The molecule has 4 heteroatoms.